The summed E-state index contributed by atoms with van der Waals surface area (Å²) < 4.78 is -0.106. The third kappa shape index (κ3) is 5.61. The summed E-state index contributed by atoms with van der Waals surface area (Å²) in [6.45, 7) is 0.819. The number of quaternary nitrogens is 1. The predicted molar refractivity (Wildman–Crippen MR) is 60.8 cm³/mol. The molecule has 0 aromatic heterocycles. The van der Waals surface area contributed by atoms with Crippen LogP contribution in [0.25, 0.3) is 0 Å². The Kier molecular flexibility index (Phi) is 4.90. The molecule has 1 aliphatic carbocycles. The van der Waals surface area contributed by atoms with Crippen molar-refractivity contribution >= 4 is 0 Å². The van der Waals surface area contributed by atoms with Crippen LogP contribution in [0.3, 0.4) is 0 Å². The minimum absolute atomic E-state index is 0.106. The molecule has 1 rings (SSSR count). The summed E-state index contributed by atoms with van der Waals surface area (Å²) in [5.41, 5.74) is 0. The Morgan fingerprint density at radius 3 is 1.79 bits per heavy atom. The van der Waals surface area contributed by atoms with Crippen LogP contribution in [0.2, 0.25) is 0 Å². The molecule has 0 aromatic rings. The number of rotatable bonds is 2. The van der Waals surface area contributed by atoms with Crippen LogP contribution in [0.4, 0.5) is 0 Å². The van der Waals surface area contributed by atoms with E-state index in [0.29, 0.717) is 5.92 Å². The van der Waals surface area contributed by atoms with Gasteiger partial charge in [-0.2, -0.15) is 0 Å². The Morgan fingerprint density at radius 2 is 1.36 bits per heavy atom. The minimum atomic E-state index is -0.106. The molecule has 14 heavy (non-hydrogen) atoms. The highest BCUT2D eigenvalue weighted by Crippen LogP contribution is 2.23. The first-order valence-corrected chi connectivity index (χ1v) is 6.12. The van der Waals surface area contributed by atoms with Gasteiger partial charge >= 0.3 is 0 Å². The van der Waals surface area contributed by atoms with Crippen LogP contribution >= 0.6 is 0 Å². The molecule has 2 heteroatoms. The molecule has 0 aliphatic heterocycles. The van der Waals surface area contributed by atoms with E-state index in [0.717, 1.165) is 6.54 Å². The van der Waals surface area contributed by atoms with E-state index in [1.54, 1.807) is 14.1 Å². The topological polar surface area (TPSA) is 23.1 Å². The van der Waals surface area contributed by atoms with Gasteiger partial charge in [0.15, 0.2) is 0 Å². The van der Waals surface area contributed by atoms with Crippen LogP contribution in [0, 0.1) is 11.1 Å². The molecule has 0 bridgehead atoms. The SMILES string of the molecule is C[N+](C)([O-])CC1CCCCCCCC1. The maximum absolute atomic E-state index is 11.6. The normalized spacial score (nSPS) is 22.5. The van der Waals surface area contributed by atoms with Gasteiger partial charge in [0.1, 0.15) is 0 Å². The van der Waals surface area contributed by atoms with E-state index in [1.165, 1.54) is 51.4 Å². The molecule has 0 heterocycles. The second-order valence-electron chi connectivity index (χ2n) is 5.32. The van der Waals surface area contributed by atoms with Crippen molar-refractivity contribution in [3.8, 4) is 0 Å². The molecule has 0 aromatic carbocycles. The Morgan fingerprint density at radius 1 is 0.929 bits per heavy atom. The summed E-state index contributed by atoms with van der Waals surface area (Å²) >= 11 is 0. The Hall–Kier alpha value is -0.0800. The third-order valence-electron chi connectivity index (χ3n) is 3.17. The lowest BCUT2D eigenvalue weighted by atomic mass is 9.96. The lowest BCUT2D eigenvalue weighted by molar-refractivity contribution is -0.843. The molecule has 0 saturated heterocycles. The highest BCUT2D eigenvalue weighted by molar-refractivity contribution is 4.62. The first-order chi connectivity index (χ1) is 6.58. The zero-order valence-corrected chi connectivity index (χ0v) is 9.80. The average Bonchev–Trinajstić information content (AvgIpc) is 2.15. The van der Waals surface area contributed by atoms with Crippen LogP contribution in [-0.2, 0) is 0 Å². The third-order valence-corrected chi connectivity index (χ3v) is 3.17. The standard InChI is InChI=1S/C12H25NO/c1-13(2,14)11-12-9-7-5-3-4-6-8-10-12/h12H,3-11H2,1-2H3. The fourth-order valence-corrected chi connectivity index (χ4v) is 2.52. The molecule has 0 radical (unpaired) electrons. The van der Waals surface area contributed by atoms with E-state index >= 15 is 0 Å². The molecule has 0 amide bonds. The molecular formula is C12H25NO. The number of nitrogens with zero attached hydrogens (tertiary/aromatic N) is 1. The maximum atomic E-state index is 11.6. The highest BCUT2D eigenvalue weighted by Gasteiger charge is 2.16. The van der Waals surface area contributed by atoms with Crippen molar-refractivity contribution in [1.82, 2.24) is 0 Å². The van der Waals surface area contributed by atoms with Gasteiger partial charge in [-0.15, -0.1) is 0 Å². The van der Waals surface area contributed by atoms with Crippen molar-refractivity contribution in [2.45, 2.75) is 51.4 Å². The van der Waals surface area contributed by atoms with Crippen LogP contribution in [-0.4, -0.2) is 25.3 Å². The van der Waals surface area contributed by atoms with Gasteiger partial charge in [0.25, 0.3) is 0 Å². The van der Waals surface area contributed by atoms with Crippen molar-refractivity contribution < 1.29 is 4.65 Å². The summed E-state index contributed by atoms with van der Waals surface area (Å²) in [5.74, 6) is 0.681. The first kappa shape index (κ1) is 12.0. The second-order valence-corrected chi connectivity index (χ2v) is 5.32. The smallest absolute Gasteiger partial charge is 0.0808 e. The van der Waals surface area contributed by atoms with Gasteiger partial charge in [0.2, 0.25) is 0 Å². The van der Waals surface area contributed by atoms with Crippen LogP contribution in [0.15, 0.2) is 0 Å². The van der Waals surface area contributed by atoms with E-state index in [9.17, 15) is 5.21 Å². The van der Waals surface area contributed by atoms with Gasteiger partial charge in [-0.1, -0.05) is 38.5 Å². The van der Waals surface area contributed by atoms with Crippen LogP contribution in [0.1, 0.15) is 51.4 Å². The molecule has 0 unspecified atom stereocenters. The average molecular weight is 199 g/mol. The molecule has 1 fully saturated rings. The van der Waals surface area contributed by atoms with Crippen molar-refractivity contribution in [3.63, 3.8) is 0 Å². The number of hydrogen-bond donors (Lipinski definition) is 0. The molecule has 2 nitrogen and oxygen atoms in total. The molecule has 84 valence electrons. The predicted octanol–water partition coefficient (Wildman–Crippen LogP) is 3.31. The Labute approximate surface area is 88.5 Å². The van der Waals surface area contributed by atoms with E-state index in [-0.39, 0.29) is 4.65 Å². The fourth-order valence-electron chi connectivity index (χ4n) is 2.52. The molecule has 1 saturated carbocycles. The zero-order valence-electron chi connectivity index (χ0n) is 9.80. The van der Waals surface area contributed by atoms with E-state index in [4.69, 9.17) is 0 Å². The summed E-state index contributed by atoms with van der Waals surface area (Å²) in [7, 11) is 3.54. The monoisotopic (exact) mass is 199 g/mol. The Bertz CT molecular complexity index is 141. The number of hydrogen-bond acceptors (Lipinski definition) is 1. The molecule has 1 aliphatic rings. The minimum Gasteiger partial charge on any atom is -0.633 e. The van der Waals surface area contributed by atoms with Gasteiger partial charge in [0, 0.05) is 5.92 Å². The maximum Gasteiger partial charge on any atom is 0.0808 e. The van der Waals surface area contributed by atoms with Gasteiger partial charge in [-0.25, -0.2) is 0 Å². The second kappa shape index (κ2) is 5.72. The molecular weight excluding hydrogens is 174 g/mol. The van der Waals surface area contributed by atoms with Crippen molar-refractivity contribution in [3.05, 3.63) is 5.21 Å². The number of hydroxylamine groups is 3. The van der Waals surface area contributed by atoms with Gasteiger partial charge < -0.3 is 9.85 Å². The zero-order chi connectivity index (χ0) is 10.4. The Balaban J connectivity index is 2.32. The summed E-state index contributed by atoms with van der Waals surface area (Å²) in [5, 5.41) is 11.6. The van der Waals surface area contributed by atoms with Crippen LogP contribution in [0.5, 0.6) is 0 Å². The van der Waals surface area contributed by atoms with E-state index < -0.39 is 0 Å². The van der Waals surface area contributed by atoms with Gasteiger partial charge in [0.05, 0.1) is 20.6 Å². The van der Waals surface area contributed by atoms with Crippen molar-refractivity contribution in [2.24, 2.45) is 5.92 Å². The quantitative estimate of drug-likeness (QED) is 0.494. The molecule has 0 N–H and O–H groups in total. The van der Waals surface area contributed by atoms with Crippen LogP contribution < -0.4 is 0 Å². The lowest BCUT2D eigenvalue weighted by Crippen LogP contribution is -2.37. The molecule has 0 spiro atoms. The molecule has 0 atom stereocenters. The van der Waals surface area contributed by atoms with Crippen molar-refractivity contribution in [1.29, 1.82) is 0 Å². The van der Waals surface area contributed by atoms with E-state index in [1.807, 2.05) is 0 Å². The summed E-state index contributed by atoms with van der Waals surface area (Å²) in [6.07, 6.45) is 10.8. The first-order valence-electron chi connectivity index (χ1n) is 6.12. The highest BCUT2D eigenvalue weighted by atomic mass is 16.5. The largest absolute Gasteiger partial charge is 0.633 e. The van der Waals surface area contributed by atoms with E-state index in [2.05, 4.69) is 0 Å². The summed E-state index contributed by atoms with van der Waals surface area (Å²) in [6, 6.07) is 0. The van der Waals surface area contributed by atoms with Gasteiger partial charge in [-0.05, 0) is 12.8 Å². The van der Waals surface area contributed by atoms with Crippen molar-refractivity contribution in [2.75, 3.05) is 20.6 Å². The van der Waals surface area contributed by atoms with Gasteiger partial charge in [-0.3, -0.25) is 0 Å². The fraction of sp³-hybridized carbons (Fsp3) is 1.00. The lowest BCUT2D eigenvalue weighted by Gasteiger charge is -2.37. The summed E-state index contributed by atoms with van der Waals surface area (Å²) in [4.78, 5) is 0.